The van der Waals surface area contributed by atoms with E-state index in [0.717, 1.165) is 23.2 Å². The summed E-state index contributed by atoms with van der Waals surface area (Å²) >= 11 is 0. The van der Waals surface area contributed by atoms with Crippen molar-refractivity contribution in [3.05, 3.63) is 86.8 Å². The molecule has 0 atom stereocenters. The molecular weight excluding hydrogens is 350 g/mol. The lowest BCUT2D eigenvalue weighted by Gasteiger charge is -2.28. The first kappa shape index (κ1) is 18.2. The number of hydrogen-bond donors (Lipinski definition) is 1. The zero-order valence-corrected chi connectivity index (χ0v) is 16.2. The van der Waals surface area contributed by atoms with Crippen LogP contribution in [0.3, 0.4) is 0 Å². The summed E-state index contributed by atoms with van der Waals surface area (Å²) in [4.78, 5) is 34.9. The fourth-order valence-corrected chi connectivity index (χ4v) is 3.62. The molecule has 0 bridgehead atoms. The van der Waals surface area contributed by atoms with Gasteiger partial charge in [-0.15, -0.1) is 0 Å². The number of amides is 1. The summed E-state index contributed by atoms with van der Waals surface area (Å²) in [5.41, 5.74) is 4.97. The Hall–Kier alpha value is -3.21. The topological polar surface area (TPSA) is 66.1 Å². The van der Waals surface area contributed by atoms with Gasteiger partial charge in [-0.25, -0.2) is 4.98 Å². The zero-order chi connectivity index (χ0) is 19.7. The molecule has 5 heteroatoms. The van der Waals surface area contributed by atoms with Crippen molar-refractivity contribution < 1.29 is 4.79 Å². The highest BCUT2D eigenvalue weighted by Gasteiger charge is 2.26. The van der Waals surface area contributed by atoms with Crippen LogP contribution in [0.25, 0.3) is 11.4 Å². The van der Waals surface area contributed by atoms with Crippen LogP contribution in [-0.2, 0) is 19.4 Å². The fourth-order valence-electron chi connectivity index (χ4n) is 3.62. The van der Waals surface area contributed by atoms with Gasteiger partial charge in [-0.05, 0) is 30.5 Å². The molecule has 1 amide bonds. The second-order valence-corrected chi connectivity index (χ2v) is 7.18. The minimum Gasteiger partial charge on any atom is -0.334 e. The van der Waals surface area contributed by atoms with E-state index in [0.29, 0.717) is 36.5 Å². The molecule has 0 aliphatic carbocycles. The molecule has 0 spiro atoms. The smallest absolute Gasteiger partial charge is 0.256 e. The Bertz CT molecular complexity index is 1080. The summed E-state index contributed by atoms with van der Waals surface area (Å²) < 4.78 is 0. The van der Waals surface area contributed by atoms with Crippen LogP contribution >= 0.6 is 0 Å². The van der Waals surface area contributed by atoms with Gasteiger partial charge in [0, 0.05) is 24.1 Å². The number of nitrogens with one attached hydrogen (secondary N) is 1. The SMILES string of the molecule is CCc1ccc(-c2nc3c(c(=O)[nH]2)CN(C(=O)c2ccccc2C)CC3)cc1. The third-order valence-corrected chi connectivity index (χ3v) is 5.37. The van der Waals surface area contributed by atoms with Crippen molar-refractivity contribution in [2.45, 2.75) is 33.2 Å². The van der Waals surface area contributed by atoms with Gasteiger partial charge < -0.3 is 9.88 Å². The van der Waals surface area contributed by atoms with Crippen LogP contribution in [0.4, 0.5) is 0 Å². The van der Waals surface area contributed by atoms with Crippen LogP contribution in [-0.4, -0.2) is 27.3 Å². The first-order valence-electron chi connectivity index (χ1n) is 9.63. The number of fused-ring (bicyclic) bond motifs is 1. The highest BCUT2D eigenvalue weighted by Crippen LogP contribution is 2.21. The van der Waals surface area contributed by atoms with Gasteiger partial charge >= 0.3 is 0 Å². The van der Waals surface area contributed by atoms with Crippen molar-refractivity contribution in [2.24, 2.45) is 0 Å². The minimum absolute atomic E-state index is 0.0395. The average molecular weight is 373 g/mol. The lowest BCUT2D eigenvalue weighted by Crippen LogP contribution is -2.39. The molecule has 0 fully saturated rings. The van der Waals surface area contributed by atoms with E-state index in [1.807, 2.05) is 43.3 Å². The normalized spacial score (nSPS) is 13.3. The van der Waals surface area contributed by atoms with E-state index >= 15 is 0 Å². The molecule has 0 saturated carbocycles. The van der Waals surface area contributed by atoms with E-state index in [1.165, 1.54) is 5.56 Å². The van der Waals surface area contributed by atoms with Gasteiger partial charge in [0.05, 0.1) is 17.8 Å². The molecule has 5 nitrogen and oxygen atoms in total. The molecule has 2 aromatic carbocycles. The summed E-state index contributed by atoms with van der Waals surface area (Å²) in [7, 11) is 0. The maximum absolute atomic E-state index is 12.9. The van der Waals surface area contributed by atoms with Gasteiger partial charge in [0.15, 0.2) is 0 Å². The van der Waals surface area contributed by atoms with Crippen LogP contribution in [0, 0.1) is 6.92 Å². The number of carbonyl (C=O) groups excluding carboxylic acids is 1. The van der Waals surface area contributed by atoms with Crippen molar-refractivity contribution in [1.82, 2.24) is 14.9 Å². The fraction of sp³-hybridized carbons (Fsp3) is 0.261. The molecule has 0 saturated heterocycles. The molecule has 1 aliphatic heterocycles. The van der Waals surface area contributed by atoms with E-state index in [-0.39, 0.29) is 11.5 Å². The number of aryl methyl sites for hydroxylation is 2. The molecule has 1 N–H and O–H groups in total. The van der Waals surface area contributed by atoms with Crippen molar-refractivity contribution in [2.75, 3.05) is 6.54 Å². The Morgan fingerprint density at radius 3 is 2.61 bits per heavy atom. The number of aromatic amines is 1. The quantitative estimate of drug-likeness (QED) is 0.764. The van der Waals surface area contributed by atoms with E-state index in [4.69, 9.17) is 4.98 Å². The molecule has 0 unspecified atom stereocenters. The third kappa shape index (κ3) is 3.36. The summed E-state index contributed by atoms with van der Waals surface area (Å²) in [6.07, 6.45) is 1.55. The van der Waals surface area contributed by atoms with E-state index < -0.39 is 0 Å². The predicted molar refractivity (Wildman–Crippen MR) is 109 cm³/mol. The van der Waals surface area contributed by atoms with Gasteiger partial charge in [-0.1, -0.05) is 49.4 Å². The van der Waals surface area contributed by atoms with Gasteiger partial charge in [-0.3, -0.25) is 9.59 Å². The van der Waals surface area contributed by atoms with Crippen LogP contribution < -0.4 is 5.56 Å². The van der Waals surface area contributed by atoms with Crippen LogP contribution in [0.15, 0.2) is 53.3 Å². The Kier molecular flexibility index (Phi) is 4.82. The van der Waals surface area contributed by atoms with E-state index in [9.17, 15) is 9.59 Å². The Balaban J connectivity index is 1.62. The van der Waals surface area contributed by atoms with Gasteiger partial charge in [-0.2, -0.15) is 0 Å². The van der Waals surface area contributed by atoms with Crippen molar-refractivity contribution >= 4 is 5.91 Å². The summed E-state index contributed by atoms with van der Waals surface area (Å²) in [6.45, 7) is 4.89. The zero-order valence-electron chi connectivity index (χ0n) is 16.2. The molecule has 142 valence electrons. The first-order chi connectivity index (χ1) is 13.6. The Morgan fingerprint density at radius 1 is 1.14 bits per heavy atom. The number of carbonyl (C=O) groups is 1. The van der Waals surface area contributed by atoms with Crippen LogP contribution in [0.5, 0.6) is 0 Å². The maximum atomic E-state index is 12.9. The summed E-state index contributed by atoms with van der Waals surface area (Å²) in [6, 6.07) is 15.6. The highest BCUT2D eigenvalue weighted by atomic mass is 16.2. The standard InChI is InChI=1S/C23H23N3O2/c1-3-16-8-10-17(11-9-16)21-24-20-12-13-26(14-19(20)22(27)25-21)23(28)18-7-5-4-6-15(18)2/h4-11H,3,12-14H2,1-2H3,(H,24,25,27). The van der Waals surface area contributed by atoms with Crippen molar-refractivity contribution in [3.63, 3.8) is 0 Å². The monoisotopic (exact) mass is 373 g/mol. The molecular formula is C23H23N3O2. The number of H-pyrrole nitrogens is 1. The van der Waals surface area contributed by atoms with Gasteiger partial charge in [0.1, 0.15) is 5.82 Å². The highest BCUT2D eigenvalue weighted by molar-refractivity contribution is 5.95. The largest absolute Gasteiger partial charge is 0.334 e. The van der Waals surface area contributed by atoms with E-state index in [1.54, 1.807) is 4.90 Å². The van der Waals surface area contributed by atoms with Crippen LogP contribution in [0.2, 0.25) is 0 Å². The Labute approximate surface area is 164 Å². The van der Waals surface area contributed by atoms with Crippen molar-refractivity contribution in [3.8, 4) is 11.4 Å². The number of rotatable bonds is 3. The second kappa shape index (κ2) is 7.43. The molecule has 2 heterocycles. The molecule has 28 heavy (non-hydrogen) atoms. The van der Waals surface area contributed by atoms with Crippen molar-refractivity contribution in [1.29, 1.82) is 0 Å². The maximum Gasteiger partial charge on any atom is 0.256 e. The lowest BCUT2D eigenvalue weighted by atomic mass is 10.0. The minimum atomic E-state index is -0.165. The first-order valence-corrected chi connectivity index (χ1v) is 9.63. The number of hydrogen-bond acceptors (Lipinski definition) is 3. The predicted octanol–water partition coefficient (Wildman–Crippen LogP) is 3.51. The number of aromatic nitrogens is 2. The van der Waals surface area contributed by atoms with Gasteiger partial charge in [0.25, 0.3) is 11.5 Å². The van der Waals surface area contributed by atoms with Gasteiger partial charge in [0.2, 0.25) is 0 Å². The molecule has 1 aliphatic rings. The van der Waals surface area contributed by atoms with Crippen LogP contribution in [0.1, 0.15) is 39.7 Å². The number of benzene rings is 2. The Morgan fingerprint density at radius 2 is 1.89 bits per heavy atom. The lowest BCUT2D eigenvalue weighted by molar-refractivity contribution is 0.0732. The third-order valence-electron chi connectivity index (χ3n) is 5.37. The second-order valence-electron chi connectivity index (χ2n) is 7.18. The molecule has 4 rings (SSSR count). The number of nitrogens with zero attached hydrogens (tertiary/aromatic N) is 2. The molecule has 3 aromatic rings. The average Bonchev–Trinajstić information content (AvgIpc) is 2.73. The van der Waals surface area contributed by atoms with E-state index in [2.05, 4.69) is 24.0 Å². The molecule has 0 radical (unpaired) electrons. The summed E-state index contributed by atoms with van der Waals surface area (Å²) in [5, 5.41) is 0. The summed E-state index contributed by atoms with van der Waals surface area (Å²) in [5.74, 6) is 0.549. The molecule has 1 aromatic heterocycles.